The number of hydrogen-bond acceptors (Lipinski definition) is 8. The summed E-state index contributed by atoms with van der Waals surface area (Å²) in [6.45, 7) is 6.59. The molecule has 32 heavy (non-hydrogen) atoms. The summed E-state index contributed by atoms with van der Waals surface area (Å²) < 4.78 is 15.9. The van der Waals surface area contributed by atoms with Crippen LogP contribution in [-0.2, 0) is 0 Å². The number of benzene rings is 1. The predicted octanol–water partition coefficient (Wildman–Crippen LogP) is 3.23. The first kappa shape index (κ1) is 21.6. The Morgan fingerprint density at radius 3 is 2.44 bits per heavy atom. The highest BCUT2D eigenvalue weighted by atomic mass is 16.5. The van der Waals surface area contributed by atoms with Crippen LogP contribution in [0.2, 0.25) is 0 Å². The van der Waals surface area contributed by atoms with Gasteiger partial charge in [-0.1, -0.05) is 19.0 Å². The Hall–Kier alpha value is -3.62. The van der Waals surface area contributed by atoms with Crippen LogP contribution in [0.3, 0.4) is 0 Å². The minimum absolute atomic E-state index is 0.0504. The lowest BCUT2D eigenvalue weighted by Gasteiger charge is -2.35. The molecule has 1 aliphatic rings. The third-order valence-electron chi connectivity index (χ3n) is 5.47. The number of rotatable bonds is 6. The van der Waals surface area contributed by atoms with Gasteiger partial charge in [-0.25, -0.2) is 4.98 Å². The van der Waals surface area contributed by atoms with Gasteiger partial charge in [0.05, 0.1) is 19.8 Å². The predicted molar refractivity (Wildman–Crippen MR) is 119 cm³/mol. The van der Waals surface area contributed by atoms with E-state index in [0.717, 1.165) is 11.4 Å². The zero-order valence-corrected chi connectivity index (χ0v) is 18.7. The van der Waals surface area contributed by atoms with Gasteiger partial charge in [-0.05, 0) is 24.3 Å². The summed E-state index contributed by atoms with van der Waals surface area (Å²) >= 11 is 0. The third-order valence-corrected chi connectivity index (χ3v) is 5.47. The van der Waals surface area contributed by atoms with Crippen molar-refractivity contribution in [2.24, 2.45) is 0 Å². The lowest BCUT2D eigenvalue weighted by molar-refractivity contribution is 0.0743. The Labute approximate surface area is 187 Å². The summed E-state index contributed by atoms with van der Waals surface area (Å²) in [6, 6.07) is 9.13. The van der Waals surface area contributed by atoms with E-state index >= 15 is 0 Å². The number of aromatic nitrogens is 3. The van der Waals surface area contributed by atoms with Crippen LogP contribution in [0.25, 0.3) is 11.4 Å². The van der Waals surface area contributed by atoms with Gasteiger partial charge in [-0.2, -0.15) is 4.98 Å². The molecule has 0 spiro atoms. The minimum Gasteiger partial charge on any atom is -0.497 e. The number of amides is 1. The van der Waals surface area contributed by atoms with E-state index in [1.165, 1.54) is 0 Å². The van der Waals surface area contributed by atoms with Crippen molar-refractivity contribution in [1.29, 1.82) is 0 Å². The molecule has 168 valence electrons. The Morgan fingerprint density at radius 2 is 1.84 bits per heavy atom. The number of anilines is 1. The number of carbonyl (C=O) groups excluding carboxylic acids is 1. The summed E-state index contributed by atoms with van der Waals surface area (Å²) in [7, 11) is 3.14. The zero-order valence-electron chi connectivity index (χ0n) is 18.7. The highest BCUT2D eigenvalue weighted by Crippen LogP contribution is 2.27. The second kappa shape index (κ2) is 9.25. The first-order valence-corrected chi connectivity index (χ1v) is 10.6. The molecule has 1 amide bonds. The number of nitrogens with zero attached hydrogens (tertiary/aromatic N) is 5. The largest absolute Gasteiger partial charge is 0.497 e. The van der Waals surface area contributed by atoms with Crippen molar-refractivity contribution in [3.05, 3.63) is 48.0 Å². The Morgan fingerprint density at radius 1 is 1.06 bits per heavy atom. The molecule has 1 aliphatic heterocycles. The molecule has 2 aromatic heterocycles. The van der Waals surface area contributed by atoms with Gasteiger partial charge in [-0.3, -0.25) is 4.79 Å². The van der Waals surface area contributed by atoms with Gasteiger partial charge >= 0.3 is 0 Å². The molecule has 0 atom stereocenters. The van der Waals surface area contributed by atoms with E-state index in [0.29, 0.717) is 55.0 Å². The molecule has 0 N–H and O–H groups in total. The van der Waals surface area contributed by atoms with Gasteiger partial charge in [0.25, 0.3) is 5.91 Å². The van der Waals surface area contributed by atoms with Gasteiger partial charge in [0.15, 0.2) is 0 Å². The number of hydrogen-bond donors (Lipinski definition) is 0. The first-order chi connectivity index (χ1) is 15.5. The summed E-state index contributed by atoms with van der Waals surface area (Å²) in [5, 5.41) is 4.03. The number of carbonyl (C=O) groups is 1. The average Bonchev–Trinajstić information content (AvgIpc) is 3.34. The van der Waals surface area contributed by atoms with Crippen LogP contribution in [0, 0.1) is 0 Å². The van der Waals surface area contributed by atoms with E-state index in [4.69, 9.17) is 14.0 Å². The van der Waals surface area contributed by atoms with Crippen molar-refractivity contribution in [1.82, 2.24) is 20.0 Å². The van der Waals surface area contributed by atoms with E-state index in [9.17, 15) is 4.79 Å². The second-order valence-electron chi connectivity index (χ2n) is 7.86. The Kier molecular flexibility index (Phi) is 6.25. The fourth-order valence-corrected chi connectivity index (χ4v) is 3.58. The second-order valence-corrected chi connectivity index (χ2v) is 7.86. The molecular formula is C23H27N5O4. The molecule has 0 bridgehead atoms. The highest BCUT2D eigenvalue weighted by Gasteiger charge is 2.25. The van der Waals surface area contributed by atoms with Crippen LogP contribution >= 0.6 is 0 Å². The third kappa shape index (κ3) is 4.37. The van der Waals surface area contributed by atoms with Crippen molar-refractivity contribution < 1.29 is 18.8 Å². The van der Waals surface area contributed by atoms with Crippen molar-refractivity contribution >= 4 is 11.7 Å². The van der Waals surface area contributed by atoms with Crippen LogP contribution < -0.4 is 14.4 Å². The van der Waals surface area contributed by atoms with Crippen LogP contribution in [0.1, 0.15) is 36.0 Å². The highest BCUT2D eigenvalue weighted by molar-refractivity contribution is 5.97. The summed E-state index contributed by atoms with van der Waals surface area (Å²) in [5.41, 5.74) is 1.34. The maximum absolute atomic E-state index is 13.0. The summed E-state index contributed by atoms with van der Waals surface area (Å²) in [6.07, 6.45) is 1.75. The van der Waals surface area contributed by atoms with Gasteiger partial charge in [0.2, 0.25) is 11.7 Å². The van der Waals surface area contributed by atoms with Crippen molar-refractivity contribution in [2.45, 2.75) is 19.8 Å². The fourth-order valence-electron chi connectivity index (χ4n) is 3.58. The van der Waals surface area contributed by atoms with E-state index < -0.39 is 0 Å². The van der Waals surface area contributed by atoms with Crippen LogP contribution in [-0.4, -0.2) is 66.3 Å². The molecule has 1 aromatic carbocycles. The Balaban J connectivity index is 1.40. The van der Waals surface area contributed by atoms with E-state index in [1.807, 2.05) is 30.9 Å². The lowest BCUT2D eigenvalue weighted by Crippen LogP contribution is -2.49. The minimum atomic E-state index is -0.0504. The number of pyridine rings is 1. The van der Waals surface area contributed by atoms with Gasteiger partial charge < -0.3 is 23.8 Å². The van der Waals surface area contributed by atoms with Crippen LogP contribution in [0.15, 0.2) is 41.1 Å². The molecule has 0 saturated carbocycles. The first-order valence-electron chi connectivity index (χ1n) is 10.6. The molecule has 3 heterocycles. The number of ether oxygens (including phenoxy) is 2. The SMILES string of the molecule is COc1ccc(C(=O)N2CCN(c3ccc(-c4noc(C(C)C)n4)cn3)CC2)c(OC)c1. The van der Waals surface area contributed by atoms with Gasteiger partial charge in [0.1, 0.15) is 17.3 Å². The summed E-state index contributed by atoms with van der Waals surface area (Å²) in [4.78, 5) is 26.0. The number of methoxy groups -OCH3 is 2. The van der Waals surface area contributed by atoms with E-state index in [-0.39, 0.29) is 11.8 Å². The van der Waals surface area contributed by atoms with Gasteiger partial charge in [0, 0.05) is 49.9 Å². The molecule has 1 fully saturated rings. The van der Waals surface area contributed by atoms with E-state index in [1.54, 1.807) is 38.6 Å². The molecule has 9 nitrogen and oxygen atoms in total. The summed E-state index contributed by atoms with van der Waals surface area (Å²) in [5.74, 6) is 3.30. The molecule has 3 aromatic rings. The molecule has 4 rings (SSSR count). The molecule has 0 aliphatic carbocycles. The molecule has 9 heteroatoms. The van der Waals surface area contributed by atoms with Gasteiger partial charge in [-0.15, -0.1) is 0 Å². The molecular weight excluding hydrogens is 410 g/mol. The quantitative estimate of drug-likeness (QED) is 0.580. The fraction of sp³-hybridized carbons (Fsp3) is 0.391. The molecule has 1 saturated heterocycles. The smallest absolute Gasteiger partial charge is 0.257 e. The average molecular weight is 438 g/mol. The van der Waals surface area contributed by atoms with E-state index in [2.05, 4.69) is 20.0 Å². The maximum Gasteiger partial charge on any atom is 0.257 e. The zero-order chi connectivity index (χ0) is 22.7. The normalized spacial score (nSPS) is 14.0. The topological polar surface area (TPSA) is 93.8 Å². The Bertz CT molecular complexity index is 1070. The standard InChI is InChI=1S/C23H27N5O4/c1-15(2)22-25-21(26-32-22)16-5-8-20(24-14-16)27-9-11-28(12-10-27)23(29)18-7-6-17(30-3)13-19(18)31-4/h5-8,13-15H,9-12H2,1-4H3. The van der Waals surface area contributed by atoms with Crippen molar-refractivity contribution in [2.75, 3.05) is 45.3 Å². The van der Waals surface area contributed by atoms with Crippen molar-refractivity contribution in [3.8, 4) is 22.9 Å². The van der Waals surface area contributed by atoms with Crippen LogP contribution in [0.5, 0.6) is 11.5 Å². The molecule has 0 unspecified atom stereocenters. The maximum atomic E-state index is 13.0. The van der Waals surface area contributed by atoms with Crippen molar-refractivity contribution in [3.63, 3.8) is 0 Å². The molecule has 0 radical (unpaired) electrons. The van der Waals surface area contributed by atoms with Crippen LogP contribution in [0.4, 0.5) is 5.82 Å². The monoisotopic (exact) mass is 437 g/mol. The number of piperazine rings is 1. The lowest BCUT2D eigenvalue weighted by atomic mass is 10.1.